The Hall–Kier alpha value is -1.75. The van der Waals surface area contributed by atoms with Gasteiger partial charge in [-0.05, 0) is 32.9 Å². The molecule has 0 aliphatic heterocycles. The van der Waals surface area contributed by atoms with Crippen LogP contribution in [0.4, 0.5) is 0 Å². The molecule has 0 atom stereocenters. The zero-order valence-electron chi connectivity index (χ0n) is 10.6. The van der Waals surface area contributed by atoms with Gasteiger partial charge >= 0.3 is 5.97 Å². The number of thiazole rings is 1. The minimum Gasteiger partial charge on any atom is -0.461 e. The molecule has 2 rings (SSSR count). The minimum absolute atomic E-state index is 0.360. The summed E-state index contributed by atoms with van der Waals surface area (Å²) >= 11 is 1.43. The molecule has 0 aliphatic carbocycles. The molecule has 0 saturated carbocycles. The molecule has 94 valence electrons. The summed E-state index contributed by atoms with van der Waals surface area (Å²) in [7, 11) is 0. The third-order valence-corrected chi connectivity index (χ3v) is 3.21. The number of aryl methyl sites for hydroxylation is 2. The lowest BCUT2D eigenvalue weighted by molar-refractivity contribution is 0.0520. The number of esters is 1. The first-order chi connectivity index (χ1) is 8.60. The van der Waals surface area contributed by atoms with E-state index in [1.165, 1.54) is 11.3 Å². The second-order valence-electron chi connectivity index (χ2n) is 3.90. The number of ether oxygens (including phenoxy) is 1. The smallest absolute Gasteiger partial charge is 0.357 e. The number of pyridine rings is 1. The highest BCUT2D eigenvalue weighted by molar-refractivity contribution is 7.13. The van der Waals surface area contributed by atoms with Crippen molar-refractivity contribution >= 4 is 17.3 Å². The zero-order chi connectivity index (χ0) is 13.1. The molecule has 0 saturated heterocycles. The second-order valence-corrected chi connectivity index (χ2v) is 4.76. The van der Waals surface area contributed by atoms with Crippen LogP contribution in [-0.4, -0.2) is 22.5 Å². The van der Waals surface area contributed by atoms with Crippen molar-refractivity contribution in [3.63, 3.8) is 0 Å². The van der Waals surface area contributed by atoms with Crippen molar-refractivity contribution in [2.24, 2.45) is 0 Å². The number of carbonyl (C=O) groups excluding carboxylic acids is 1. The van der Waals surface area contributed by atoms with Crippen LogP contribution >= 0.6 is 11.3 Å². The summed E-state index contributed by atoms with van der Waals surface area (Å²) in [4.78, 5) is 20.1. The van der Waals surface area contributed by atoms with Crippen LogP contribution in [0.15, 0.2) is 17.5 Å². The SMILES string of the molecule is CCOC(=O)c1csc(-c2cc(C)nc(C)c2)n1. The largest absolute Gasteiger partial charge is 0.461 e. The van der Waals surface area contributed by atoms with Crippen molar-refractivity contribution in [2.45, 2.75) is 20.8 Å². The molecule has 18 heavy (non-hydrogen) atoms. The molecule has 0 aromatic carbocycles. The Morgan fingerprint density at radius 3 is 2.56 bits per heavy atom. The highest BCUT2D eigenvalue weighted by atomic mass is 32.1. The third-order valence-electron chi connectivity index (χ3n) is 2.32. The van der Waals surface area contributed by atoms with Gasteiger partial charge in [0.1, 0.15) is 5.01 Å². The molecule has 4 nitrogen and oxygen atoms in total. The fraction of sp³-hybridized carbons (Fsp3) is 0.308. The van der Waals surface area contributed by atoms with Crippen LogP contribution in [0, 0.1) is 13.8 Å². The molecule has 2 aromatic rings. The molecular formula is C13H14N2O2S. The van der Waals surface area contributed by atoms with Gasteiger partial charge < -0.3 is 4.74 Å². The maximum absolute atomic E-state index is 11.5. The van der Waals surface area contributed by atoms with E-state index in [-0.39, 0.29) is 5.97 Å². The molecule has 0 radical (unpaired) electrons. The van der Waals surface area contributed by atoms with Crippen LogP contribution in [0.1, 0.15) is 28.8 Å². The Balaban J connectivity index is 2.32. The first kappa shape index (κ1) is 12.7. The van der Waals surface area contributed by atoms with Crippen molar-refractivity contribution < 1.29 is 9.53 Å². The number of carbonyl (C=O) groups is 1. The molecule has 5 heteroatoms. The van der Waals surface area contributed by atoms with Crippen molar-refractivity contribution in [3.8, 4) is 10.6 Å². The maximum atomic E-state index is 11.5. The summed E-state index contributed by atoms with van der Waals surface area (Å²) in [5.41, 5.74) is 3.24. The van der Waals surface area contributed by atoms with E-state index in [1.54, 1.807) is 12.3 Å². The van der Waals surface area contributed by atoms with Crippen LogP contribution in [0.2, 0.25) is 0 Å². The molecule has 2 aromatic heterocycles. The van der Waals surface area contributed by atoms with Gasteiger partial charge in [-0.25, -0.2) is 9.78 Å². The topological polar surface area (TPSA) is 52.1 Å². The number of aromatic nitrogens is 2. The molecule has 2 heterocycles. The third kappa shape index (κ3) is 2.73. The van der Waals surface area contributed by atoms with E-state index in [2.05, 4.69) is 9.97 Å². The molecule has 0 fully saturated rings. The fourth-order valence-electron chi connectivity index (χ4n) is 1.66. The van der Waals surface area contributed by atoms with Gasteiger partial charge in [0.2, 0.25) is 0 Å². The van der Waals surface area contributed by atoms with E-state index >= 15 is 0 Å². The number of nitrogens with zero attached hydrogens (tertiary/aromatic N) is 2. The molecular weight excluding hydrogens is 248 g/mol. The second kappa shape index (κ2) is 5.27. The molecule has 0 bridgehead atoms. The van der Waals surface area contributed by atoms with Crippen LogP contribution in [0.3, 0.4) is 0 Å². The lowest BCUT2D eigenvalue weighted by atomic mass is 10.2. The molecule has 0 N–H and O–H groups in total. The molecule has 0 unspecified atom stereocenters. The van der Waals surface area contributed by atoms with Crippen molar-refractivity contribution in [2.75, 3.05) is 6.61 Å². The number of hydrogen-bond acceptors (Lipinski definition) is 5. The summed E-state index contributed by atoms with van der Waals surface area (Å²) in [6, 6.07) is 3.92. The summed E-state index contributed by atoms with van der Waals surface area (Å²) in [6.07, 6.45) is 0. The molecule has 0 amide bonds. The monoisotopic (exact) mass is 262 g/mol. The summed E-state index contributed by atoms with van der Waals surface area (Å²) < 4.78 is 4.92. The quantitative estimate of drug-likeness (QED) is 0.798. The van der Waals surface area contributed by atoms with E-state index in [9.17, 15) is 4.79 Å². The lowest BCUT2D eigenvalue weighted by Crippen LogP contribution is -2.04. The summed E-state index contributed by atoms with van der Waals surface area (Å²) in [5, 5.41) is 2.53. The van der Waals surface area contributed by atoms with Gasteiger partial charge in [-0.1, -0.05) is 0 Å². The van der Waals surface area contributed by atoms with Crippen LogP contribution < -0.4 is 0 Å². The number of hydrogen-bond donors (Lipinski definition) is 0. The highest BCUT2D eigenvalue weighted by Gasteiger charge is 2.13. The Morgan fingerprint density at radius 1 is 1.28 bits per heavy atom. The van der Waals surface area contributed by atoms with Crippen LogP contribution in [0.25, 0.3) is 10.6 Å². The van der Waals surface area contributed by atoms with E-state index in [0.717, 1.165) is 22.0 Å². The van der Waals surface area contributed by atoms with Crippen molar-refractivity contribution in [3.05, 3.63) is 34.6 Å². The van der Waals surface area contributed by atoms with Gasteiger partial charge in [0.25, 0.3) is 0 Å². The highest BCUT2D eigenvalue weighted by Crippen LogP contribution is 2.25. The Bertz CT molecular complexity index is 558. The van der Waals surface area contributed by atoms with Gasteiger partial charge in [-0.3, -0.25) is 4.98 Å². The van der Waals surface area contributed by atoms with Gasteiger partial charge in [0.05, 0.1) is 6.61 Å². The van der Waals surface area contributed by atoms with E-state index in [4.69, 9.17) is 4.74 Å². The summed E-state index contributed by atoms with van der Waals surface area (Å²) in [5.74, 6) is -0.373. The average molecular weight is 262 g/mol. The van der Waals surface area contributed by atoms with Gasteiger partial charge in [-0.2, -0.15) is 0 Å². The van der Waals surface area contributed by atoms with Gasteiger partial charge in [-0.15, -0.1) is 11.3 Å². The standard InChI is InChI=1S/C13H14N2O2S/c1-4-17-13(16)11-7-18-12(15-11)10-5-8(2)14-9(3)6-10/h5-7H,4H2,1-3H3. The van der Waals surface area contributed by atoms with Crippen molar-refractivity contribution in [1.29, 1.82) is 0 Å². The molecule has 0 aliphatic rings. The average Bonchev–Trinajstić information content (AvgIpc) is 2.77. The van der Waals surface area contributed by atoms with Gasteiger partial charge in [0.15, 0.2) is 5.69 Å². The van der Waals surface area contributed by atoms with E-state index in [1.807, 2.05) is 26.0 Å². The zero-order valence-corrected chi connectivity index (χ0v) is 11.4. The van der Waals surface area contributed by atoms with Crippen LogP contribution in [0.5, 0.6) is 0 Å². The normalized spacial score (nSPS) is 10.4. The first-order valence-corrected chi connectivity index (χ1v) is 6.56. The number of rotatable bonds is 3. The van der Waals surface area contributed by atoms with E-state index in [0.29, 0.717) is 12.3 Å². The predicted octanol–water partition coefficient (Wildman–Crippen LogP) is 3.00. The van der Waals surface area contributed by atoms with E-state index < -0.39 is 0 Å². The molecule has 0 spiro atoms. The van der Waals surface area contributed by atoms with Gasteiger partial charge in [0, 0.05) is 22.3 Å². The minimum atomic E-state index is -0.373. The summed E-state index contributed by atoms with van der Waals surface area (Å²) in [6.45, 7) is 6.02. The fourth-order valence-corrected chi connectivity index (χ4v) is 2.44. The predicted molar refractivity (Wildman–Crippen MR) is 70.8 cm³/mol. The first-order valence-electron chi connectivity index (χ1n) is 5.68. The Labute approximate surface area is 110 Å². The maximum Gasteiger partial charge on any atom is 0.357 e. The lowest BCUT2D eigenvalue weighted by Gasteiger charge is -2.00. The van der Waals surface area contributed by atoms with Crippen LogP contribution in [-0.2, 0) is 4.74 Å². The Kier molecular flexibility index (Phi) is 3.72. The van der Waals surface area contributed by atoms with Crippen molar-refractivity contribution in [1.82, 2.24) is 9.97 Å². The Morgan fingerprint density at radius 2 is 1.94 bits per heavy atom.